The first-order valence-electron chi connectivity index (χ1n) is 2.52. The van der Waals surface area contributed by atoms with Gasteiger partial charge in [0, 0.05) is 0 Å². The Hall–Kier alpha value is -1.02. The van der Waals surface area contributed by atoms with Crippen molar-refractivity contribution in [2.45, 2.75) is 0 Å². The van der Waals surface area contributed by atoms with Crippen molar-refractivity contribution in [3.05, 3.63) is 30.3 Å². The molecule has 9 heavy (non-hydrogen) atoms. The zero-order valence-corrected chi connectivity index (χ0v) is 5.29. The summed E-state index contributed by atoms with van der Waals surface area (Å²) < 4.78 is 4.91. The van der Waals surface area contributed by atoms with Crippen LogP contribution in [-0.2, 0) is 0 Å². The van der Waals surface area contributed by atoms with Crippen molar-refractivity contribution >= 4 is 0 Å². The first-order chi connectivity index (χ1) is 3.93. The van der Waals surface area contributed by atoms with Gasteiger partial charge in [-0.05, 0) is 12.1 Å². The van der Waals surface area contributed by atoms with Crippen molar-refractivity contribution in [1.82, 2.24) is 0 Å². The van der Waals surface area contributed by atoms with Crippen molar-refractivity contribution in [3.8, 4) is 5.75 Å². The van der Waals surface area contributed by atoms with E-state index < -0.39 is 0 Å². The van der Waals surface area contributed by atoms with Gasteiger partial charge < -0.3 is 10.2 Å². The minimum absolute atomic E-state index is 0. The normalized spacial score (nSPS) is 7.67. The number of hydrogen-bond acceptors (Lipinski definition) is 1. The Morgan fingerprint density at radius 1 is 1.11 bits per heavy atom. The molecule has 0 saturated carbocycles. The van der Waals surface area contributed by atoms with Crippen molar-refractivity contribution in [1.29, 1.82) is 0 Å². The zero-order valence-electron chi connectivity index (χ0n) is 5.29. The molecule has 0 spiro atoms. The van der Waals surface area contributed by atoms with Gasteiger partial charge in [-0.15, -0.1) is 0 Å². The highest BCUT2D eigenvalue weighted by Gasteiger charge is 1.80. The molecule has 0 aromatic heterocycles. The maximum Gasteiger partial charge on any atom is 0.118 e. The molecule has 0 unspecified atom stereocenters. The second-order valence-electron chi connectivity index (χ2n) is 1.52. The average Bonchev–Trinajstić information content (AvgIpc) is 1.90. The first kappa shape index (κ1) is 7.98. The third kappa shape index (κ3) is 2.15. The maximum absolute atomic E-state index is 4.91. The summed E-state index contributed by atoms with van der Waals surface area (Å²) in [5.41, 5.74) is 0. The van der Waals surface area contributed by atoms with Crippen LogP contribution in [0.1, 0.15) is 0 Å². The molecule has 0 radical (unpaired) electrons. The van der Waals surface area contributed by atoms with Crippen molar-refractivity contribution < 1.29 is 10.2 Å². The van der Waals surface area contributed by atoms with Gasteiger partial charge in [0.1, 0.15) is 5.75 Å². The minimum atomic E-state index is 0. The van der Waals surface area contributed by atoms with Crippen molar-refractivity contribution in [2.24, 2.45) is 0 Å². The van der Waals surface area contributed by atoms with Crippen LogP contribution in [0, 0.1) is 0 Å². The topological polar surface area (TPSA) is 40.7 Å². The number of rotatable bonds is 1. The molecule has 0 aliphatic heterocycles. The molecule has 2 N–H and O–H groups in total. The van der Waals surface area contributed by atoms with E-state index in [-0.39, 0.29) is 5.48 Å². The van der Waals surface area contributed by atoms with Crippen LogP contribution in [-0.4, -0.2) is 12.6 Å². The standard InChI is InChI=1S/C7H8O.H2O/c1-8-7-5-3-2-4-6-7;/h2-6H,1H3;1H2. The van der Waals surface area contributed by atoms with Crippen molar-refractivity contribution in [3.63, 3.8) is 0 Å². The molecule has 50 valence electrons. The SMILES string of the molecule is COc1ccccc1.O. The van der Waals surface area contributed by atoms with E-state index in [1.165, 1.54) is 0 Å². The molecule has 1 aromatic rings. The number of benzene rings is 1. The van der Waals surface area contributed by atoms with Crippen LogP contribution >= 0.6 is 0 Å². The van der Waals surface area contributed by atoms with E-state index in [1.807, 2.05) is 30.3 Å². The molecule has 0 fully saturated rings. The molecule has 2 heteroatoms. The molecule has 1 aromatic carbocycles. The third-order valence-corrected chi connectivity index (χ3v) is 0.979. The molecule has 1 rings (SSSR count). The van der Waals surface area contributed by atoms with E-state index in [2.05, 4.69) is 0 Å². The summed E-state index contributed by atoms with van der Waals surface area (Å²) in [6, 6.07) is 9.68. The van der Waals surface area contributed by atoms with Gasteiger partial charge in [-0.3, -0.25) is 0 Å². The van der Waals surface area contributed by atoms with Gasteiger partial charge in [0.05, 0.1) is 7.11 Å². The fourth-order valence-corrected chi connectivity index (χ4v) is 0.557. The lowest BCUT2D eigenvalue weighted by atomic mass is 10.3. The zero-order chi connectivity index (χ0) is 5.82. The molecule has 0 amide bonds. The molecule has 0 saturated heterocycles. The lowest BCUT2D eigenvalue weighted by Crippen LogP contribution is -1.78. The highest BCUT2D eigenvalue weighted by Crippen LogP contribution is 2.05. The van der Waals surface area contributed by atoms with Crippen LogP contribution in [0.4, 0.5) is 0 Å². The Kier molecular flexibility index (Phi) is 3.48. The second kappa shape index (κ2) is 3.92. The minimum Gasteiger partial charge on any atom is -0.497 e. The summed E-state index contributed by atoms with van der Waals surface area (Å²) in [5.74, 6) is 0.910. The first-order valence-corrected chi connectivity index (χ1v) is 2.52. The average molecular weight is 126 g/mol. The van der Waals surface area contributed by atoms with Crippen LogP contribution in [0.15, 0.2) is 30.3 Å². The van der Waals surface area contributed by atoms with Gasteiger partial charge in [-0.25, -0.2) is 0 Å². The summed E-state index contributed by atoms with van der Waals surface area (Å²) in [5, 5.41) is 0. The Morgan fingerprint density at radius 3 is 2.00 bits per heavy atom. The smallest absolute Gasteiger partial charge is 0.118 e. The van der Waals surface area contributed by atoms with E-state index in [0.717, 1.165) is 5.75 Å². The Balaban J connectivity index is 0.000000640. The van der Waals surface area contributed by atoms with Gasteiger partial charge in [-0.1, -0.05) is 18.2 Å². The predicted octanol–water partition coefficient (Wildman–Crippen LogP) is 0.870. The van der Waals surface area contributed by atoms with Gasteiger partial charge in [0.25, 0.3) is 0 Å². The monoisotopic (exact) mass is 126 g/mol. The fraction of sp³-hybridized carbons (Fsp3) is 0.143. The molecule has 0 bridgehead atoms. The highest BCUT2D eigenvalue weighted by atomic mass is 16.5. The molecule has 0 heterocycles. The summed E-state index contributed by atoms with van der Waals surface area (Å²) >= 11 is 0. The number of hydrogen-bond donors (Lipinski definition) is 0. The quantitative estimate of drug-likeness (QED) is 0.550. The largest absolute Gasteiger partial charge is 0.497 e. The summed E-state index contributed by atoms with van der Waals surface area (Å²) in [6.07, 6.45) is 0. The van der Waals surface area contributed by atoms with Crippen LogP contribution in [0.25, 0.3) is 0 Å². The van der Waals surface area contributed by atoms with Crippen LogP contribution in [0.3, 0.4) is 0 Å². The van der Waals surface area contributed by atoms with E-state index >= 15 is 0 Å². The number of methoxy groups -OCH3 is 1. The van der Waals surface area contributed by atoms with Gasteiger partial charge in [0.2, 0.25) is 0 Å². The lowest BCUT2D eigenvalue weighted by Gasteiger charge is -1.93. The molecule has 2 nitrogen and oxygen atoms in total. The predicted molar refractivity (Wildman–Crippen MR) is 36.6 cm³/mol. The van der Waals surface area contributed by atoms with Crippen LogP contribution in [0.5, 0.6) is 5.75 Å². The van der Waals surface area contributed by atoms with Crippen LogP contribution < -0.4 is 4.74 Å². The van der Waals surface area contributed by atoms with Gasteiger partial charge in [-0.2, -0.15) is 0 Å². The summed E-state index contributed by atoms with van der Waals surface area (Å²) in [6.45, 7) is 0. The second-order valence-corrected chi connectivity index (χ2v) is 1.52. The fourth-order valence-electron chi connectivity index (χ4n) is 0.557. The lowest BCUT2D eigenvalue weighted by molar-refractivity contribution is 0.415. The number of ether oxygens (including phenoxy) is 1. The molecule has 0 atom stereocenters. The molecule has 0 aliphatic rings. The number of para-hydroxylation sites is 1. The van der Waals surface area contributed by atoms with E-state index in [9.17, 15) is 0 Å². The molecular weight excluding hydrogens is 116 g/mol. The van der Waals surface area contributed by atoms with Crippen LogP contribution in [0.2, 0.25) is 0 Å². The molecule has 0 aliphatic carbocycles. The Morgan fingerprint density at radius 2 is 1.67 bits per heavy atom. The van der Waals surface area contributed by atoms with Crippen molar-refractivity contribution in [2.75, 3.05) is 7.11 Å². The molecular formula is C7H10O2. The highest BCUT2D eigenvalue weighted by molar-refractivity contribution is 5.20. The van der Waals surface area contributed by atoms with E-state index in [4.69, 9.17) is 4.74 Å². The maximum atomic E-state index is 4.91. The Labute approximate surface area is 54.4 Å². The van der Waals surface area contributed by atoms with Gasteiger partial charge >= 0.3 is 0 Å². The van der Waals surface area contributed by atoms with Gasteiger partial charge in [0.15, 0.2) is 0 Å². The summed E-state index contributed by atoms with van der Waals surface area (Å²) in [4.78, 5) is 0. The van der Waals surface area contributed by atoms with E-state index in [1.54, 1.807) is 7.11 Å². The summed E-state index contributed by atoms with van der Waals surface area (Å²) in [7, 11) is 1.66. The Bertz CT molecular complexity index is 148. The third-order valence-electron chi connectivity index (χ3n) is 0.979. The van der Waals surface area contributed by atoms with E-state index in [0.29, 0.717) is 0 Å².